The van der Waals surface area contributed by atoms with Crippen LogP contribution in [-0.4, -0.2) is 19.1 Å². The second-order valence-electron chi connectivity index (χ2n) is 5.85. The Morgan fingerprint density at radius 2 is 1.42 bits per heavy atom. The maximum Gasteiger partial charge on any atom is 0.123 e. The van der Waals surface area contributed by atoms with Gasteiger partial charge in [0, 0.05) is 37.9 Å². The van der Waals surface area contributed by atoms with Crippen molar-refractivity contribution in [3.63, 3.8) is 0 Å². The molecule has 0 spiro atoms. The smallest absolute Gasteiger partial charge is 0.123 e. The minimum Gasteiger partial charge on any atom is -0.378 e. The van der Waals surface area contributed by atoms with E-state index in [0.717, 1.165) is 22.5 Å². The highest BCUT2D eigenvalue weighted by molar-refractivity contribution is 5.56. The minimum atomic E-state index is -0.234. The molecule has 4 heteroatoms. The molecule has 2 aromatic carbocycles. The lowest BCUT2D eigenvalue weighted by Gasteiger charge is -2.22. The fourth-order valence-electron chi connectivity index (χ4n) is 2.59. The van der Waals surface area contributed by atoms with Gasteiger partial charge in [-0.25, -0.2) is 4.39 Å². The van der Waals surface area contributed by atoms with Gasteiger partial charge in [0.15, 0.2) is 0 Å². The second kappa shape index (κ2) is 7.13. The lowest BCUT2D eigenvalue weighted by Crippen LogP contribution is -2.13. The van der Waals surface area contributed by atoms with Crippen LogP contribution in [0.5, 0.6) is 0 Å². The summed E-state index contributed by atoms with van der Waals surface area (Å²) in [5.74, 6) is -0.234. The van der Waals surface area contributed by atoms with E-state index in [1.54, 1.807) is 12.4 Å². The Morgan fingerprint density at radius 3 is 2.00 bits per heavy atom. The third kappa shape index (κ3) is 3.71. The molecule has 0 fully saturated rings. The summed E-state index contributed by atoms with van der Waals surface area (Å²) < 4.78 is 13.3. The minimum absolute atomic E-state index is 0.0705. The molecule has 0 bridgehead atoms. The monoisotopic (exact) mass is 321 g/mol. The third-order valence-electron chi connectivity index (χ3n) is 3.94. The number of hydrogen-bond donors (Lipinski definition) is 1. The van der Waals surface area contributed by atoms with Gasteiger partial charge in [0.2, 0.25) is 0 Å². The van der Waals surface area contributed by atoms with E-state index in [2.05, 4.69) is 27.3 Å². The molecule has 122 valence electrons. The Bertz CT molecular complexity index is 768. The molecule has 3 aromatic rings. The lowest BCUT2D eigenvalue weighted by molar-refractivity contribution is 0.626. The standard InChI is InChI=1S/C20H20FN3/c1-24(2)19-9-7-18(8-10-19)23-20(16-11-13-22-14-12-16)15-3-5-17(21)6-4-15/h3-14,20,23H,1-2H3. The number of halogens is 1. The summed E-state index contributed by atoms with van der Waals surface area (Å²) in [5, 5.41) is 3.53. The van der Waals surface area contributed by atoms with Crippen LogP contribution in [0.2, 0.25) is 0 Å². The van der Waals surface area contributed by atoms with Crippen LogP contribution in [0.3, 0.4) is 0 Å². The molecule has 24 heavy (non-hydrogen) atoms. The molecule has 1 atom stereocenters. The van der Waals surface area contributed by atoms with Gasteiger partial charge in [0.1, 0.15) is 5.82 Å². The number of anilines is 2. The first-order valence-electron chi connectivity index (χ1n) is 7.83. The average molecular weight is 321 g/mol. The number of nitrogens with zero attached hydrogens (tertiary/aromatic N) is 2. The number of hydrogen-bond acceptors (Lipinski definition) is 3. The van der Waals surface area contributed by atoms with Crippen LogP contribution in [0.25, 0.3) is 0 Å². The van der Waals surface area contributed by atoms with E-state index in [-0.39, 0.29) is 11.9 Å². The Kier molecular flexibility index (Phi) is 4.75. The van der Waals surface area contributed by atoms with E-state index in [9.17, 15) is 4.39 Å². The van der Waals surface area contributed by atoms with E-state index in [1.807, 2.05) is 50.5 Å². The summed E-state index contributed by atoms with van der Waals surface area (Å²) in [7, 11) is 4.03. The molecule has 0 aliphatic heterocycles. The van der Waals surface area contributed by atoms with Crippen molar-refractivity contribution in [2.75, 3.05) is 24.3 Å². The van der Waals surface area contributed by atoms with Gasteiger partial charge >= 0.3 is 0 Å². The van der Waals surface area contributed by atoms with Gasteiger partial charge in [-0.2, -0.15) is 0 Å². The molecule has 0 saturated carbocycles. The summed E-state index contributed by atoms with van der Waals surface area (Å²) in [6.45, 7) is 0. The van der Waals surface area contributed by atoms with Gasteiger partial charge < -0.3 is 10.2 Å². The second-order valence-corrected chi connectivity index (χ2v) is 5.85. The van der Waals surface area contributed by atoms with Crippen LogP contribution in [-0.2, 0) is 0 Å². The highest BCUT2D eigenvalue weighted by Gasteiger charge is 2.14. The molecule has 0 radical (unpaired) electrons. The van der Waals surface area contributed by atoms with E-state index >= 15 is 0 Å². The van der Waals surface area contributed by atoms with E-state index in [4.69, 9.17) is 0 Å². The third-order valence-corrected chi connectivity index (χ3v) is 3.94. The quantitative estimate of drug-likeness (QED) is 0.750. The summed E-state index contributed by atoms with van der Waals surface area (Å²) in [4.78, 5) is 6.14. The molecule has 1 aromatic heterocycles. The van der Waals surface area contributed by atoms with Gasteiger partial charge in [0.05, 0.1) is 6.04 Å². The molecule has 3 rings (SSSR count). The predicted molar refractivity (Wildman–Crippen MR) is 96.9 cm³/mol. The SMILES string of the molecule is CN(C)c1ccc(NC(c2ccncc2)c2ccc(F)cc2)cc1. The molecular formula is C20H20FN3. The lowest BCUT2D eigenvalue weighted by atomic mass is 9.99. The Hall–Kier alpha value is -2.88. The van der Waals surface area contributed by atoms with Gasteiger partial charge in [0.25, 0.3) is 0 Å². The van der Waals surface area contributed by atoms with Gasteiger partial charge in [-0.3, -0.25) is 4.98 Å². The number of benzene rings is 2. The van der Waals surface area contributed by atoms with Crippen LogP contribution in [0, 0.1) is 5.82 Å². The molecule has 0 aliphatic carbocycles. The molecule has 1 N–H and O–H groups in total. The summed E-state index contributed by atoms with van der Waals surface area (Å²) in [6, 6.07) is 18.7. The Morgan fingerprint density at radius 1 is 0.833 bits per heavy atom. The fraction of sp³-hybridized carbons (Fsp3) is 0.150. The maximum absolute atomic E-state index is 13.3. The Labute approximate surface area is 141 Å². The number of pyridine rings is 1. The van der Waals surface area contributed by atoms with Crippen LogP contribution >= 0.6 is 0 Å². The van der Waals surface area contributed by atoms with E-state index < -0.39 is 0 Å². The summed E-state index contributed by atoms with van der Waals surface area (Å²) >= 11 is 0. The van der Waals surface area contributed by atoms with Crippen LogP contribution in [0.4, 0.5) is 15.8 Å². The highest BCUT2D eigenvalue weighted by atomic mass is 19.1. The van der Waals surface area contributed by atoms with Crippen LogP contribution < -0.4 is 10.2 Å². The first-order valence-corrected chi connectivity index (χ1v) is 7.83. The predicted octanol–water partition coefficient (Wildman–Crippen LogP) is 4.49. The van der Waals surface area contributed by atoms with Crippen molar-refractivity contribution in [3.05, 3.63) is 90.0 Å². The number of nitrogens with one attached hydrogen (secondary N) is 1. The zero-order valence-corrected chi connectivity index (χ0v) is 13.8. The maximum atomic E-state index is 13.3. The normalized spacial score (nSPS) is 11.8. The average Bonchev–Trinajstić information content (AvgIpc) is 2.62. The molecule has 1 heterocycles. The zero-order valence-electron chi connectivity index (χ0n) is 13.8. The molecule has 0 aliphatic rings. The molecular weight excluding hydrogens is 301 g/mol. The van der Waals surface area contributed by atoms with Crippen molar-refractivity contribution >= 4 is 11.4 Å². The summed E-state index contributed by atoms with van der Waals surface area (Å²) in [6.07, 6.45) is 3.53. The zero-order chi connectivity index (χ0) is 16.9. The fourth-order valence-corrected chi connectivity index (χ4v) is 2.59. The molecule has 3 nitrogen and oxygen atoms in total. The molecule has 1 unspecified atom stereocenters. The van der Waals surface area contributed by atoms with Crippen LogP contribution in [0.15, 0.2) is 73.1 Å². The molecule has 0 saturated heterocycles. The largest absolute Gasteiger partial charge is 0.378 e. The number of aromatic nitrogens is 1. The summed E-state index contributed by atoms with van der Waals surface area (Å²) in [5.41, 5.74) is 4.22. The van der Waals surface area contributed by atoms with Crippen molar-refractivity contribution in [1.82, 2.24) is 4.98 Å². The Balaban J connectivity index is 1.91. The highest BCUT2D eigenvalue weighted by Crippen LogP contribution is 2.27. The topological polar surface area (TPSA) is 28.2 Å². The van der Waals surface area contributed by atoms with Gasteiger partial charge in [-0.15, -0.1) is 0 Å². The van der Waals surface area contributed by atoms with Crippen molar-refractivity contribution in [1.29, 1.82) is 0 Å². The first kappa shape index (κ1) is 16.0. The van der Waals surface area contributed by atoms with E-state index in [1.165, 1.54) is 12.1 Å². The van der Waals surface area contributed by atoms with Crippen molar-refractivity contribution in [2.45, 2.75) is 6.04 Å². The van der Waals surface area contributed by atoms with Crippen molar-refractivity contribution in [2.24, 2.45) is 0 Å². The van der Waals surface area contributed by atoms with Crippen LogP contribution in [0.1, 0.15) is 17.2 Å². The number of rotatable bonds is 5. The van der Waals surface area contributed by atoms with Crippen molar-refractivity contribution < 1.29 is 4.39 Å². The van der Waals surface area contributed by atoms with Crippen molar-refractivity contribution in [3.8, 4) is 0 Å². The van der Waals surface area contributed by atoms with Gasteiger partial charge in [-0.05, 0) is 59.7 Å². The molecule has 0 amide bonds. The van der Waals surface area contributed by atoms with Gasteiger partial charge in [-0.1, -0.05) is 12.1 Å². The van der Waals surface area contributed by atoms with E-state index in [0.29, 0.717) is 0 Å². The first-order chi connectivity index (χ1) is 11.6.